The largest absolute Gasteiger partial charge is 0.343 e. The Morgan fingerprint density at radius 1 is 1.09 bits per heavy atom. The number of carbonyl (C=O) groups is 1. The predicted molar refractivity (Wildman–Crippen MR) is 90.8 cm³/mol. The van der Waals surface area contributed by atoms with Gasteiger partial charge in [-0.1, -0.05) is 52.3 Å². The fraction of sp³-hybridized carbons (Fsp3) is 0.118. The maximum Gasteiger partial charge on any atom is 0.251 e. The van der Waals surface area contributed by atoms with Crippen LogP contribution in [0.15, 0.2) is 71.5 Å². The van der Waals surface area contributed by atoms with Crippen molar-refractivity contribution in [2.75, 3.05) is 0 Å². The third-order valence-corrected chi connectivity index (χ3v) is 3.90. The van der Waals surface area contributed by atoms with Crippen molar-refractivity contribution in [3.63, 3.8) is 0 Å². The minimum absolute atomic E-state index is 0.132. The van der Waals surface area contributed by atoms with Crippen molar-refractivity contribution in [1.29, 1.82) is 0 Å². The van der Waals surface area contributed by atoms with E-state index in [0.29, 0.717) is 12.1 Å². The average molecular weight is 371 g/mol. The van der Waals surface area contributed by atoms with Gasteiger partial charge in [-0.3, -0.25) is 4.79 Å². The van der Waals surface area contributed by atoms with E-state index in [1.54, 1.807) is 29.3 Å². The Balaban J connectivity index is 1.82. The standard InChI is InChI=1S/C17H15BrN4O/c18-15-8-4-7-14(11-15)17(23)21-16(12-22-19-9-10-20-22)13-5-2-1-3-6-13/h1-11,16H,12H2,(H,21,23). The van der Waals surface area contributed by atoms with E-state index in [-0.39, 0.29) is 11.9 Å². The molecule has 3 aromatic rings. The fourth-order valence-corrected chi connectivity index (χ4v) is 2.69. The highest BCUT2D eigenvalue weighted by Gasteiger charge is 2.17. The molecule has 0 bridgehead atoms. The summed E-state index contributed by atoms with van der Waals surface area (Å²) < 4.78 is 0.871. The third kappa shape index (κ3) is 4.04. The smallest absolute Gasteiger partial charge is 0.251 e. The molecule has 2 aromatic carbocycles. The van der Waals surface area contributed by atoms with Gasteiger partial charge in [0.25, 0.3) is 5.91 Å². The van der Waals surface area contributed by atoms with Gasteiger partial charge in [0.05, 0.1) is 25.0 Å². The molecule has 6 heteroatoms. The molecule has 1 unspecified atom stereocenters. The van der Waals surface area contributed by atoms with Crippen LogP contribution in [0.4, 0.5) is 0 Å². The van der Waals surface area contributed by atoms with Gasteiger partial charge in [0.15, 0.2) is 0 Å². The maximum atomic E-state index is 12.5. The Bertz CT molecular complexity index is 774. The lowest BCUT2D eigenvalue weighted by Gasteiger charge is -2.19. The first-order valence-corrected chi connectivity index (χ1v) is 7.97. The molecule has 0 aliphatic rings. The summed E-state index contributed by atoms with van der Waals surface area (Å²) >= 11 is 3.39. The Hall–Kier alpha value is -2.47. The van der Waals surface area contributed by atoms with Crippen molar-refractivity contribution < 1.29 is 4.79 Å². The van der Waals surface area contributed by atoms with Crippen LogP contribution in [0.25, 0.3) is 0 Å². The monoisotopic (exact) mass is 370 g/mol. The van der Waals surface area contributed by atoms with Gasteiger partial charge < -0.3 is 5.32 Å². The van der Waals surface area contributed by atoms with Gasteiger partial charge >= 0.3 is 0 Å². The van der Waals surface area contributed by atoms with Crippen LogP contribution in [-0.2, 0) is 6.54 Å². The topological polar surface area (TPSA) is 59.8 Å². The number of aromatic nitrogens is 3. The zero-order valence-electron chi connectivity index (χ0n) is 12.3. The fourth-order valence-electron chi connectivity index (χ4n) is 2.29. The molecule has 0 spiro atoms. The quantitative estimate of drug-likeness (QED) is 0.749. The number of hydrogen-bond acceptors (Lipinski definition) is 3. The number of nitrogens with one attached hydrogen (secondary N) is 1. The molecule has 1 N–H and O–H groups in total. The molecule has 23 heavy (non-hydrogen) atoms. The van der Waals surface area contributed by atoms with Crippen molar-refractivity contribution in [3.05, 3.63) is 82.6 Å². The molecule has 1 heterocycles. The lowest BCUT2D eigenvalue weighted by atomic mass is 10.1. The molecule has 0 fully saturated rings. The average Bonchev–Trinajstić information content (AvgIpc) is 3.08. The summed E-state index contributed by atoms with van der Waals surface area (Å²) in [5, 5.41) is 11.3. The van der Waals surface area contributed by atoms with Crippen LogP contribution in [0.3, 0.4) is 0 Å². The molecular formula is C17H15BrN4O. The van der Waals surface area contributed by atoms with Crippen molar-refractivity contribution in [1.82, 2.24) is 20.3 Å². The SMILES string of the molecule is O=C(NC(Cn1nccn1)c1ccccc1)c1cccc(Br)c1. The van der Waals surface area contributed by atoms with Crippen LogP contribution in [0.2, 0.25) is 0 Å². The van der Waals surface area contributed by atoms with E-state index in [9.17, 15) is 4.79 Å². The van der Waals surface area contributed by atoms with Crippen LogP contribution in [0.1, 0.15) is 22.0 Å². The third-order valence-electron chi connectivity index (χ3n) is 3.41. The zero-order chi connectivity index (χ0) is 16.1. The molecule has 3 rings (SSSR count). The van der Waals surface area contributed by atoms with Gasteiger partial charge in [-0.15, -0.1) is 0 Å². The number of amides is 1. The number of nitrogens with zero attached hydrogens (tertiary/aromatic N) is 3. The molecule has 5 nitrogen and oxygen atoms in total. The molecular weight excluding hydrogens is 356 g/mol. The maximum absolute atomic E-state index is 12.5. The van der Waals surface area contributed by atoms with Crippen LogP contribution in [-0.4, -0.2) is 20.9 Å². The van der Waals surface area contributed by atoms with E-state index in [4.69, 9.17) is 0 Å². The summed E-state index contributed by atoms with van der Waals surface area (Å²) in [7, 11) is 0. The summed E-state index contributed by atoms with van der Waals surface area (Å²) in [4.78, 5) is 14.1. The summed E-state index contributed by atoms with van der Waals surface area (Å²) in [5.41, 5.74) is 1.61. The van der Waals surface area contributed by atoms with E-state index >= 15 is 0 Å². The molecule has 1 aromatic heterocycles. The van der Waals surface area contributed by atoms with E-state index in [1.807, 2.05) is 42.5 Å². The molecule has 116 valence electrons. The molecule has 0 aliphatic heterocycles. The van der Waals surface area contributed by atoms with Crippen LogP contribution < -0.4 is 5.32 Å². The van der Waals surface area contributed by atoms with Crippen molar-refractivity contribution >= 4 is 21.8 Å². The number of benzene rings is 2. The van der Waals surface area contributed by atoms with E-state index in [1.165, 1.54) is 0 Å². The van der Waals surface area contributed by atoms with Crippen molar-refractivity contribution in [3.8, 4) is 0 Å². The Morgan fingerprint density at radius 2 is 1.83 bits per heavy atom. The predicted octanol–water partition coefficient (Wildman–Crippen LogP) is 3.21. The minimum atomic E-state index is -0.213. The second kappa shape index (κ2) is 7.19. The number of halogens is 1. The van der Waals surface area contributed by atoms with Gasteiger partial charge in [0.1, 0.15) is 0 Å². The molecule has 0 saturated carbocycles. The Labute approximate surface area is 142 Å². The van der Waals surface area contributed by atoms with Gasteiger partial charge in [-0.2, -0.15) is 15.0 Å². The first-order valence-electron chi connectivity index (χ1n) is 7.18. The second-order valence-corrected chi connectivity index (χ2v) is 5.95. The summed E-state index contributed by atoms with van der Waals surface area (Å²) in [5.74, 6) is -0.132. The van der Waals surface area contributed by atoms with E-state index < -0.39 is 0 Å². The Kier molecular flexibility index (Phi) is 4.83. The van der Waals surface area contributed by atoms with Gasteiger partial charge in [0, 0.05) is 10.0 Å². The summed E-state index contributed by atoms with van der Waals surface area (Å²) in [6, 6.07) is 16.9. The number of carbonyl (C=O) groups excluding carboxylic acids is 1. The minimum Gasteiger partial charge on any atom is -0.343 e. The van der Waals surface area contributed by atoms with Gasteiger partial charge in [0.2, 0.25) is 0 Å². The van der Waals surface area contributed by atoms with Gasteiger partial charge in [-0.05, 0) is 23.8 Å². The van der Waals surface area contributed by atoms with Crippen LogP contribution in [0, 0.1) is 0 Å². The summed E-state index contributed by atoms with van der Waals surface area (Å²) in [6.45, 7) is 0.469. The van der Waals surface area contributed by atoms with E-state index in [2.05, 4.69) is 31.4 Å². The highest BCUT2D eigenvalue weighted by Crippen LogP contribution is 2.17. The van der Waals surface area contributed by atoms with Crippen molar-refractivity contribution in [2.24, 2.45) is 0 Å². The highest BCUT2D eigenvalue weighted by molar-refractivity contribution is 9.10. The lowest BCUT2D eigenvalue weighted by Crippen LogP contribution is -2.32. The van der Waals surface area contributed by atoms with Gasteiger partial charge in [-0.25, -0.2) is 0 Å². The van der Waals surface area contributed by atoms with Crippen LogP contribution in [0.5, 0.6) is 0 Å². The zero-order valence-corrected chi connectivity index (χ0v) is 13.8. The van der Waals surface area contributed by atoms with Crippen molar-refractivity contribution in [2.45, 2.75) is 12.6 Å². The highest BCUT2D eigenvalue weighted by atomic mass is 79.9. The van der Waals surface area contributed by atoms with Crippen LogP contribution >= 0.6 is 15.9 Å². The first kappa shape index (κ1) is 15.4. The van der Waals surface area contributed by atoms with E-state index in [0.717, 1.165) is 10.0 Å². The molecule has 1 amide bonds. The molecule has 0 saturated heterocycles. The number of rotatable bonds is 5. The Morgan fingerprint density at radius 3 is 2.52 bits per heavy atom. The molecule has 0 radical (unpaired) electrons. The number of hydrogen-bond donors (Lipinski definition) is 1. The molecule has 0 aliphatic carbocycles. The normalized spacial score (nSPS) is 11.9. The summed E-state index contributed by atoms with van der Waals surface area (Å²) in [6.07, 6.45) is 3.25. The lowest BCUT2D eigenvalue weighted by molar-refractivity contribution is 0.0930. The first-order chi connectivity index (χ1) is 11.2. The second-order valence-electron chi connectivity index (χ2n) is 5.03. The molecule has 1 atom stereocenters.